The number of hydrogen-bond donors (Lipinski definition) is 0. The molecule has 20 heavy (non-hydrogen) atoms. The number of piperidine rings is 1. The van der Waals surface area contributed by atoms with Gasteiger partial charge in [-0.1, -0.05) is 0 Å². The molecule has 1 atom stereocenters. The van der Waals surface area contributed by atoms with E-state index in [4.69, 9.17) is 4.74 Å². The molecule has 1 aromatic heterocycles. The molecule has 0 bridgehead atoms. The Bertz CT molecular complexity index is 448. The molecule has 2 saturated heterocycles. The molecule has 0 aliphatic carbocycles. The Morgan fingerprint density at radius 2 is 1.90 bits per heavy atom. The van der Waals surface area contributed by atoms with Crippen molar-refractivity contribution in [1.29, 1.82) is 0 Å². The summed E-state index contributed by atoms with van der Waals surface area (Å²) in [6.07, 6.45) is 6.48. The van der Waals surface area contributed by atoms with Crippen LogP contribution in [0.15, 0.2) is 18.5 Å². The van der Waals surface area contributed by atoms with Crippen molar-refractivity contribution in [2.75, 3.05) is 37.7 Å². The first kappa shape index (κ1) is 13.3. The van der Waals surface area contributed by atoms with Gasteiger partial charge >= 0.3 is 0 Å². The molecule has 2 aliphatic rings. The largest absolute Gasteiger partial charge is 0.365 e. The first-order valence-electron chi connectivity index (χ1n) is 7.27. The molecule has 0 N–H and O–H groups in total. The van der Waals surface area contributed by atoms with E-state index in [1.165, 1.54) is 6.42 Å². The van der Waals surface area contributed by atoms with E-state index in [9.17, 15) is 4.79 Å². The molecule has 0 spiro atoms. The Labute approximate surface area is 118 Å². The second-order valence-corrected chi connectivity index (χ2v) is 5.24. The van der Waals surface area contributed by atoms with Crippen LogP contribution in [0.3, 0.4) is 0 Å². The molecule has 0 radical (unpaired) electrons. The molecule has 6 heteroatoms. The molecule has 3 heterocycles. The molecule has 3 rings (SSSR count). The minimum absolute atomic E-state index is 0.116. The van der Waals surface area contributed by atoms with Crippen molar-refractivity contribution in [2.24, 2.45) is 0 Å². The average molecular weight is 276 g/mol. The Morgan fingerprint density at radius 1 is 1.15 bits per heavy atom. The van der Waals surface area contributed by atoms with Crippen molar-refractivity contribution < 1.29 is 9.53 Å². The van der Waals surface area contributed by atoms with Gasteiger partial charge in [-0.15, -0.1) is 0 Å². The van der Waals surface area contributed by atoms with Gasteiger partial charge in [0.15, 0.2) is 6.10 Å². The normalized spacial score (nSPS) is 23.7. The first-order chi connectivity index (χ1) is 9.84. The Balaban J connectivity index is 1.64. The number of ether oxygens (including phenoxy) is 1. The highest BCUT2D eigenvalue weighted by Gasteiger charge is 2.31. The van der Waals surface area contributed by atoms with Gasteiger partial charge in [-0.05, 0) is 25.3 Å². The molecule has 1 amide bonds. The van der Waals surface area contributed by atoms with E-state index in [2.05, 4.69) is 9.97 Å². The van der Waals surface area contributed by atoms with Crippen LogP contribution in [-0.2, 0) is 9.53 Å². The molecular formula is C14H20N4O2. The van der Waals surface area contributed by atoms with Gasteiger partial charge in [0.05, 0.1) is 13.2 Å². The predicted octanol–water partition coefficient (Wildman–Crippen LogP) is 0.694. The molecule has 1 unspecified atom stereocenters. The highest BCUT2D eigenvalue weighted by Crippen LogP contribution is 2.16. The van der Waals surface area contributed by atoms with Gasteiger partial charge in [0.1, 0.15) is 0 Å². The van der Waals surface area contributed by atoms with Crippen LogP contribution in [-0.4, -0.2) is 59.7 Å². The van der Waals surface area contributed by atoms with Crippen LogP contribution in [0.1, 0.15) is 19.3 Å². The van der Waals surface area contributed by atoms with Crippen molar-refractivity contribution in [3.05, 3.63) is 18.5 Å². The molecule has 0 saturated carbocycles. The van der Waals surface area contributed by atoms with Crippen molar-refractivity contribution in [1.82, 2.24) is 14.9 Å². The van der Waals surface area contributed by atoms with Crippen LogP contribution in [0.2, 0.25) is 0 Å². The number of nitrogens with zero attached hydrogens (tertiary/aromatic N) is 4. The highest BCUT2D eigenvalue weighted by atomic mass is 16.5. The number of rotatable bonds is 2. The van der Waals surface area contributed by atoms with E-state index in [0.29, 0.717) is 19.1 Å². The summed E-state index contributed by atoms with van der Waals surface area (Å²) in [5, 5.41) is 0. The third-order valence-corrected chi connectivity index (χ3v) is 3.84. The summed E-state index contributed by atoms with van der Waals surface area (Å²) in [5.74, 6) is 0.789. The van der Waals surface area contributed by atoms with Gasteiger partial charge in [0, 0.05) is 32.0 Å². The third kappa shape index (κ3) is 2.90. The second-order valence-electron chi connectivity index (χ2n) is 5.24. The zero-order valence-electron chi connectivity index (χ0n) is 11.6. The van der Waals surface area contributed by atoms with Crippen LogP contribution in [0.4, 0.5) is 5.95 Å². The zero-order chi connectivity index (χ0) is 13.8. The Morgan fingerprint density at radius 3 is 2.65 bits per heavy atom. The number of aromatic nitrogens is 2. The number of hydrogen-bond acceptors (Lipinski definition) is 5. The first-order valence-corrected chi connectivity index (χ1v) is 7.27. The molecular weight excluding hydrogens is 256 g/mol. The maximum Gasteiger partial charge on any atom is 0.253 e. The van der Waals surface area contributed by atoms with Crippen LogP contribution >= 0.6 is 0 Å². The standard InChI is InChI=1S/C14H20N4O2/c19-13(17-7-2-1-3-8-17)12-11-18(9-10-20-12)14-15-5-4-6-16-14/h4-6,12H,1-3,7-11H2. The maximum absolute atomic E-state index is 12.5. The highest BCUT2D eigenvalue weighted by molar-refractivity contribution is 5.82. The summed E-state index contributed by atoms with van der Waals surface area (Å²) in [4.78, 5) is 24.9. The van der Waals surface area contributed by atoms with Gasteiger partial charge in [-0.3, -0.25) is 4.79 Å². The number of anilines is 1. The molecule has 0 aromatic carbocycles. The van der Waals surface area contributed by atoms with E-state index in [1.807, 2.05) is 9.80 Å². The van der Waals surface area contributed by atoms with Crippen LogP contribution < -0.4 is 4.90 Å². The smallest absolute Gasteiger partial charge is 0.253 e. The summed E-state index contributed by atoms with van der Waals surface area (Å²) in [6, 6.07) is 1.79. The van der Waals surface area contributed by atoms with Crippen molar-refractivity contribution >= 4 is 11.9 Å². The molecule has 1 aromatic rings. The fourth-order valence-corrected chi connectivity index (χ4v) is 2.75. The summed E-state index contributed by atoms with van der Waals surface area (Å²) in [6.45, 7) is 3.54. The molecule has 6 nitrogen and oxygen atoms in total. The fourth-order valence-electron chi connectivity index (χ4n) is 2.75. The molecule has 2 aliphatic heterocycles. The maximum atomic E-state index is 12.5. The van der Waals surface area contributed by atoms with Gasteiger partial charge in [0.2, 0.25) is 5.95 Å². The minimum Gasteiger partial charge on any atom is -0.365 e. The number of morpholine rings is 1. The quantitative estimate of drug-likeness (QED) is 0.795. The van der Waals surface area contributed by atoms with Gasteiger partial charge in [-0.2, -0.15) is 0 Å². The van der Waals surface area contributed by atoms with Crippen LogP contribution in [0.25, 0.3) is 0 Å². The molecule has 108 valence electrons. The average Bonchev–Trinajstić information content (AvgIpc) is 2.56. The van der Waals surface area contributed by atoms with Gasteiger partial charge in [0.25, 0.3) is 5.91 Å². The van der Waals surface area contributed by atoms with Crippen molar-refractivity contribution in [2.45, 2.75) is 25.4 Å². The number of carbonyl (C=O) groups excluding carboxylic acids is 1. The van der Waals surface area contributed by atoms with Gasteiger partial charge < -0.3 is 14.5 Å². The fraction of sp³-hybridized carbons (Fsp3) is 0.643. The zero-order valence-corrected chi connectivity index (χ0v) is 11.6. The third-order valence-electron chi connectivity index (χ3n) is 3.84. The SMILES string of the molecule is O=C(C1CN(c2ncccn2)CCO1)N1CCCCC1. The monoisotopic (exact) mass is 276 g/mol. The van der Waals surface area contributed by atoms with Crippen LogP contribution in [0, 0.1) is 0 Å². The predicted molar refractivity (Wildman–Crippen MR) is 74.4 cm³/mol. The second kappa shape index (κ2) is 6.17. The Kier molecular flexibility index (Phi) is 4.11. The lowest BCUT2D eigenvalue weighted by molar-refractivity contribution is -0.145. The van der Waals surface area contributed by atoms with Crippen LogP contribution in [0.5, 0.6) is 0 Å². The van der Waals surface area contributed by atoms with E-state index in [0.717, 1.165) is 32.5 Å². The minimum atomic E-state index is -0.384. The Hall–Kier alpha value is -1.69. The van der Waals surface area contributed by atoms with Gasteiger partial charge in [-0.25, -0.2) is 9.97 Å². The van der Waals surface area contributed by atoms with E-state index < -0.39 is 0 Å². The lowest BCUT2D eigenvalue weighted by Gasteiger charge is -2.36. The summed E-state index contributed by atoms with van der Waals surface area (Å²) in [5.41, 5.74) is 0. The number of amides is 1. The lowest BCUT2D eigenvalue weighted by Crippen LogP contribution is -2.52. The summed E-state index contributed by atoms with van der Waals surface area (Å²) < 4.78 is 5.66. The van der Waals surface area contributed by atoms with Crippen molar-refractivity contribution in [3.63, 3.8) is 0 Å². The topological polar surface area (TPSA) is 58.6 Å². The van der Waals surface area contributed by atoms with Crippen molar-refractivity contribution in [3.8, 4) is 0 Å². The van der Waals surface area contributed by atoms with E-state index in [-0.39, 0.29) is 12.0 Å². The van der Waals surface area contributed by atoms with E-state index in [1.54, 1.807) is 18.5 Å². The lowest BCUT2D eigenvalue weighted by atomic mass is 10.1. The van der Waals surface area contributed by atoms with E-state index >= 15 is 0 Å². The molecule has 2 fully saturated rings. The summed E-state index contributed by atoms with van der Waals surface area (Å²) >= 11 is 0. The number of likely N-dealkylation sites (tertiary alicyclic amines) is 1. The number of carbonyl (C=O) groups is 1. The summed E-state index contributed by atoms with van der Waals surface area (Å²) in [7, 11) is 0.